The number of carbonyl (C=O) groups excluding carboxylic acids is 2. The van der Waals surface area contributed by atoms with E-state index in [0.29, 0.717) is 0 Å². The summed E-state index contributed by atoms with van der Waals surface area (Å²) in [5.74, 6) is -0.521. The lowest BCUT2D eigenvalue weighted by atomic mass is 9.77. The highest BCUT2D eigenvalue weighted by molar-refractivity contribution is 5.85. The molecule has 15 heavy (non-hydrogen) atoms. The van der Waals surface area contributed by atoms with Crippen LogP contribution in [0.5, 0.6) is 0 Å². The van der Waals surface area contributed by atoms with E-state index in [0.717, 1.165) is 19.3 Å². The fraction of sp³-hybridized carbons (Fsp3) is 0.800. The van der Waals surface area contributed by atoms with Gasteiger partial charge in [0, 0.05) is 12.0 Å². The van der Waals surface area contributed by atoms with Gasteiger partial charge in [-0.1, -0.05) is 13.3 Å². The molecule has 5 nitrogen and oxygen atoms in total. The van der Waals surface area contributed by atoms with E-state index in [1.165, 1.54) is 0 Å². The lowest BCUT2D eigenvalue weighted by molar-refractivity contribution is -0.130. The number of primary amides is 1. The lowest BCUT2D eigenvalue weighted by Crippen LogP contribution is -2.45. The minimum atomic E-state index is -0.517. The second-order valence-electron chi connectivity index (χ2n) is 4.24. The van der Waals surface area contributed by atoms with Crippen LogP contribution in [0.3, 0.4) is 0 Å². The molecule has 0 aliphatic heterocycles. The smallest absolute Gasteiger partial charge is 0.236 e. The predicted molar refractivity (Wildman–Crippen MR) is 56.7 cm³/mol. The minimum absolute atomic E-state index is 0.0758. The molecule has 0 spiro atoms. The summed E-state index contributed by atoms with van der Waals surface area (Å²) in [6.07, 6.45) is 2.79. The van der Waals surface area contributed by atoms with Gasteiger partial charge in [-0.15, -0.1) is 0 Å². The third-order valence-electron chi connectivity index (χ3n) is 3.14. The maximum absolute atomic E-state index is 11.7. The molecular weight excluding hydrogens is 194 g/mol. The Kier molecular flexibility index (Phi) is 4.08. The van der Waals surface area contributed by atoms with Crippen molar-refractivity contribution in [1.82, 2.24) is 5.32 Å². The van der Waals surface area contributed by atoms with Crippen LogP contribution in [0.25, 0.3) is 0 Å². The van der Waals surface area contributed by atoms with E-state index in [-0.39, 0.29) is 30.3 Å². The Bertz CT molecular complexity index is 255. The Morgan fingerprint density at radius 2 is 2.07 bits per heavy atom. The Balaban J connectivity index is 2.47. The first-order valence-corrected chi connectivity index (χ1v) is 5.34. The normalized spacial score (nSPS) is 30.9. The van der Waals surface area contributed by atoms with Crippen molar-refractivity contribution in [3.05, 3.63) is 0 Å². The van der Waals surface area contributed by atoms with E-state index in [4.69, 9.17) is 11.5 Å². The van der Waals surface area contributed by atoms with Crippen LogP contribution in [0, 0.1) is 11.8 Å². The van der Waals surface area contributed by atoms with Gasteiger partial charge in [0.2, 0.25) is 11.8 Å². The average Bonchev–Trinajstić information content (AvgIpc) is 2.18. The Morgan fingerprint density at radius 3 is 2.67 bits per heavy atom. The molecule has 86 valence electrons. The quantitative estimate of drug-likeness (QED) is 0.581. The van der Waals surface area contributed by atoms with Gasteiger partial charge in [-0.2, -0.15) is 0 Å². The van der Waals surface area contributed by atoms with Gasteiger partial charge in [0.05, 0.1) is 6.54 Å². The van der Waals surface area contributed by atoms with Crippen LogP contribution in [0.4, 0.5) is 0 Å². The molecule has 0 heterocycles. The first kappa shape index (κ1) is 12.0. The maximum atomic E-state index is 11.7. The van der Waals surface area contributed by atoms with Crippen LogP contribution >= 0.6 is 0 Å². The summed E-state index contributed by atoms with van der Waals surface area (Å²) in [6.45, 7) is 1.90. The Morgan fingerprint density at radius 1 is 1.40 bits per heavy atom. The highest BCUT2D eigenvalue weighted by Crippen LogP contribution is 2.28. The third kappa shape index (κ3) is 3.20. The second-order valence-corrected chi connectivity index (χ2v) is 4.24. The van der Waals surface area contributed by atoms with Gasteiger partial charge >= 0.3 is 0 Å². The molecule has 3 unspecified atom stereocenters. The summed E-state index contributed by atoms with van der Waals surface area (Å²) >= 11 is 0. The molecule has 1 aliphatic carbocycles. The molecule has 0 aromatic heterocycles. The lowest BCUT2D eigenvalue weighted by Gasteiger charge is -2.32. The van der Waals surface area contributed by atoms with E-state index in [1.54, 1.807) is 0 Å². The molecule has 5 N–H and O–H groups in total. The average molecular weight is 213 g/mol. The van der Waals surface area contributed by atoms with Crippen LogP contribution < -0.4 is 16.8 Å². The van der Waals surface area contributed by atoms with Crippen molar-refractivity contribution >= 4 is 11.8 Å². The largest absolute Gasteiger partial charge is 0.368 e. The van der Waals surface area contributed by atoms with Crippen molar-refractivity contribution in [3.63, 3.8) is 0 Å². The van der Waals surface area contributed by atoms with Gasteiger partial charge in [-0.3, -0.25) is 9.59 Å². The van der Waals surface area contributed by atoms with Gasteiger partial charge in [0.1, 0.15) is 0 Å². The van der Waals surface area contributed by atoms with Crippen LogP contribution in [-0.2, 0) is 9.59 Å². The number of nitrogens with two attached hydrogens (primary N) is 2. The Hall–Kier alpha value is -1.10. The molecule has 1 fully saturated rings. The third-order valence-corrected chi connectivity index (χ3v) is 3.14. The zero-order chi connectivity index (χ0) is 11.4. The molecule has 2 amide bonds. The van der Waals surface area contributed by atoms with E-state index in [2.05, 4.69) is 5.32 Å². The maximum Gasteiger partial charge on any atom is 0.236 e. The molecule has 1 rings (SSSR count). The number of hydrogen-bond acceptors (Lipinski definition) is 3. The molecule has 0 bridgehead atoms. The summed E-state index contributed by atoms with van der Waals surface area (Å²) < 4.78 is 0. The summed E-state index contributed by atoms with van der Waals surface area (Å²) in [7, 11) is 0. The number of amides is 2. The van der Waals surface area contributed by atoms with Crippen molar-refractivity contribution in [3.8, 4) is 0 Å². The standard InChI is InChI=1S/C10H19N3O2/c1-6-7(3-2-4-8(6)11)10(15)13-5-9(12)14/h6-8H,2-5,11H2,1H3,(H2,12,14)(H,13,15). The fourth-order valence-electron chi connectivity index (χ4n) is 2.07. The summed E-state index contributed by atoms with van der Waals surface area (Å²) in [5.41, 5.74) is 10.8. The highest BCUT2D eigenvalue weighted by Gasteiger charge is 2.32. The Labute approximate surface area is 89.6 Å². The SMILES string of the molecule is CC1C(N)CCCC1C(=O)NCC(N)=O. The van der Waals surface area contributed by atoms with Gasteiger partial charge in [-0.05, 0) is 18.8 Å². The van der Waals surface area contributed by atoms with Gasteiger partial charge in [0.15, 0.2) is 0 Å². The molecule has 0 radical (unpaired) electrons. The molecule has 5 heteroatoms. The van der Waals surface area contributed by atoms with E-state index < -0.39 is 5.91 Å². The molecule has 3 atom stereocenters. The van der Waals surface area contributed by atoms with Crippen molar-refractivity contribution in [2.45, 2.75) is 32.2 Å². The van der Waals surface area contributed by atoms with Crippen LogP contribution in [0.1, 0.15) is 26.2 Å². The van der Waals surface area contributed by atoms with E-state index in [9.17, 15) is 9.59 Å². The van der Waals surface area contributed by atoms with Crippen LogP contribution in [0.15, 0.2) is 0 Å². The molecule has 0 saturated heterocycles. The summed E-state index contributed by atoms with van der Waals surface area (Å²) in [5, 5.41) is 2.53. The predicted octanol–water partition coefficient (Wildman–Crippen LogP) is -0.649. The van der Waals surface area contributed by atoms with E-state index >= 15 is 0 Å². The molecule has 0 aromatic carbocycles. The second kappa shape index (κ2) is 5.11. The van der Waals surface area contributed by atoms with Crippen molar-refractivity contribution in [1.29, 1.82) is 0 Å². The van der Waals surface area contributed by atoms with Crippen LogP contribution in [0.2, 0.25) is 0 Å². The summed E-state index contributed by atoms with van der Waals surface area (Å²) in [6, 6.07) is 0.0862. The number of nitrogens with one attached hydrogen (secondary N) is 1. The van der Waals surface area contributed by atoms with Gasteiger partial charge in [-0.25, -0.2) is 0 Å². The molecule has 1 aliphatic rings. The molecule has 0 aromatic rings. The number of rotatable bonds is 3. The zero-order valence-corrected chi connectivity index (χ0v) is 9.03. The fourth-order valence-corrected chi connectivity index (χ4v) is 2.07. The monoisotopic (exact) mass is 213 g/mol. The van der Waals surface area contributed by atoms with Gasteiger partial charge < -0.3 is 16.8 Å². The zero-order valence-electron chi connectivity index (χ0n) is 9.03. The van der Waals surface area contributed by atoms with E-state index in [1.807, 2.05) is 6.92 Å². The highest BCUT2D eigenvalue weighted by atomic mass is 16.2. The molecular formula is C10H19N3O2. The number of carbonyl (C=O) groups is 2. The first-order valence-electron chi connectivity index (χ1n) is 5.34. The van der Waals surface area contributed by atoms with Gasteiger partial charge in [0.25, 0.3) is 0 Å². The van der Waals surface area contributed by atoms with Crippen LogP contribution in [-0.4, -0.2) is 24.4 Å². The van der Waals surface area contributed by atoms with Crippen molar-refractivity contribution < 1.29 is 9.59 Å². The minimum Gasteiger partial charge on any atom is -0.368 e. The molecule has 1 saturated carbocycles. The topological polar surface area (TPSA) is 98.2 Å². The first-order chi connectivity index (χ1) is 7.02. The van der Waals surface area contributed by atoms with Crippen molar-refractivity contribution in [2.24, 2.45) is 23.3 Å². The number of hydrogen-bond donors (Lipinski definition) is 3. The summed E-state index contributed by atoms with van der Waals surface area (Å²) in [4.78, 5) is 22.2. The van der Waals surface area contributed by atoms with Crippen molar-refractivity contribution in [2.75, 3.05) is 6.54 Å².